The van der Waals surface area contributed by atoms with Crippen LogP contribution in [0.1, 0.15) is 43.8 Å². The molecular weight excluding hydrogens is 256 g/mol. The lowest BCUT2D eigenvalue weighted by atomic mass is 9.87. The molecule has 3 rings (SSSR count). The van der Waals surface area contributed by atoms with Crippen LogP contribution in [0, 0.1) is 0 Å². The van der Waals surface area contributed by atoms with E-state index in [4.69, 9.17) is 9.15 Å². The molecule has 0 amide bonds. The topological polar surface area (TPSA) is 59.7 Å². The molecule has 1 aliphatic carbocycles. The molecule has 20 heavy (non-hydrogen) atoms. The van der Waals surface area contributed by atoms with E-state index >= 15 is 0 Å². The van der Waals surface area contributed by atoms with Gasteiger partial charge in [0.15, 0.2) is 5.76 Å². The van der Waals surface area contributed by atoms with Gasteiger partial charge in [-0.15, -0.1) is 0 Å². The molecule has 0 spiro atoms. The van der Waals surface area contributed by atoms with E-state index in [0.29, 0.717) is 22.5 Å². The van der Waals surface area contributed by atoms with Gasteiger partial charge in [-0.05, 0) is 25.0 Å². The molecule has 0 aliphatic heterocycles. The summed E-state index contributed by atoms with van der Waals surface area (Å²) >= 11 is 0. The number of benzene rings is 1. The Hall–Kier alpha value is -1.97. The first-order chi connectivity index (χ1) is 9.70. The average Bonchev–Trinajstić information content (AvgIpc) is 2.47. The van der Waals surface area contributed by atoms with E-state index in [1.165, 1.54) is 25.7 Å². The molecule has 0 bridgehead atoms. The average molecular weight is 274 g/mol. The molecule has 0 radical (unpaired) electrons. The van der Waals surface area contributed by atoms with Crippen molar-refractivity contribution in [1.82, 2.24) is 0 Å². The number of hydrogen-bond acceptors (Lipinski definition) is 4. The van der Waals surface area contributed by atoms with Crippen molar-refractivity contribution in [3.8, 4) is 11.5 Å². The molecule has 0 unspecified atom stereocenters. The van der Waals surface area contributed by atoms with Crippen molar-refractivity contribution in [2.45, 2.75) is 38.0 Å². The van der Waals surface area contributed by atoms with Gasteiger partial charge in [0.1, 0.15) is 11.3 Å². The van der Waals surface area contributed by atoms with Gasteiger partial charge in [0, 0.05) is 12.0 Å². The Morgan fingerprint density at radius 1 is 1.25 bits per heavy atom. The number of ether oxygens (including phenoxy) is 1. The Kier molecular flexibility index (Phi) is 3.38. The number of hydrogen-bond donors (Lipinski definition) is 1. The highest BCUT2D eigenvalue weighted by atomic mass is 16.5. The van der Waals surface area contributed by atoms with Crippen molar-refractivity contribution in [3.05, 3.63) is 34.2 Å². The fourth-order valence-corrected chi connectivity index (χ4v) is 3.01. The SMILES string of the molecule is COc1c(C2CCCCC2)oc2cc(O)ccc2c1=O. The number of fused-ring (bicyclic) bond motifs is 1. The van der Waals surface area contributed by atoms with Crippen LogP contribution in [0.15, 0.2) is 27.4 Å². The maximum absolute atomic E-state index is 12.5. The molecule has 106 valence electrons. The quantitative estimate of drug-likeness (QED) is 0.909. The third-order valence-corrected chi connectivity index (χ3v) is 4.04. The van der Waals surface area contributed by atoms with E-state index < -0.39 is 0 Å². The lowest BCUT2D eigenvalue weighted by Gasteiger charge is -2.22. The van der Waals surface area contributed by atoms with Crippen molar-refractivity contribution in [2.75, 3.05) is 7.11 Å². The van der Waals surface area contributed by atoms with Crippen LogP contribution in [0.2, 0.25) is 0 Å². The van der Waals surface area contributed by atoms with E-state index in [-0.39, 0.29) is 17.1 Å². The number of methoxy groups -OCH3 is 1. The second-order valence-corrected chi connectivity index (χ2v) is 5.34. The Bertz CT molecular complexity index is 681. The predicted molar refractivity (Wildman–Crippen MR) is 76.5 cm³/mol. The molecule has 1 fully saturated rings. The van der Waals surface area contributed by atoms with E-state index in [1.807, 2.05) is 0 Å². The maximum Gasteiger partial charge on any atom is 0.234 e. The Morgan fingerprint density at radius 2 is 2.00 bits per heavy atom. The Morgan fingerprint density at radius 3 is 2.70 bits per heavy atom. The van der Waals surface area contributed by atoms with Crippen LogP contribution in [0.3, 0.4) is 0 Å². The molecule has 1 N–H and O–H groups in total. The molecule has 2 aromatic rings. The van der Waals surface area contributed by atoms with Gasteiger partial charge in [-0.1, -0.05) is 19.3 Å². The van der Waals surface area contributed by atoms with Gasteiger partial charge in [-0.3, -0.25) is 4.79 Å². The van der Waals surface area contributed by atoms with Gasteiger partial charge in [0.05, 0.1) is 12.5 Å². The highest BCUT2D eigenvalue weighted by molar-refractivity contribution is 5.79. The zero-order valence-corrected chi connectivity index (χ0v) is 11.5. The fraction of sp³-hybridized carbons (Fsp3) is 0.438. The molecule has 1 aromatic heterocycles. The van der Waals surface area contributed by atoms with Crippen molar-refractivity contribution >= 4 is 11.0 Å². The van der Waals surface area contributed by atoms with Gasteiger partial charge >= 0.3 is 0 Å². The van der Waals surface area contributed by atoms with Crippen LogP contribution in [0.25, 0.3) is 11.0 Å². The van der Waals surface area contributed by atoms with Crippen molar-refractivity contribution in [2.24, 2.45) is 0 Å². The van der Waals surface area contributed by atoms with Crippen molar-refractivity contribution in [3.63, 3.8) is 0 Å². The minimum absolute atomic E-state index is 0.0976. The lowest BCUT2D eigenvalue weighted by molar-refractivity contribution is 0.332. The summed E-state index contributed by atoms with van der Waals surface area (Å²) in [4.78, 5) is 12.5. The highest BCUT2D eigenvalue weighted by Crippen LogP contribution is 2.37. The largest absolute Gasteiger partial charge is 0.508 e. The number of aromatic hydroxyl groups is 1. The lowest BCUT2D eigenvalue weighted by Crippen LogP contribution is -2.13. The van der Waals surface area contributed by atoms with Crippen molar-refractivity contribution < 1.29 is 14.3 Å². The maximum atomic E-state index is 12.5. The minimum atomic E-state index is -0.158. The Labute approximate surface area is 117 Å². The zero-order valence-electron chi connectivity index (χ0n) is 11.5. The number of phenols is 1. The summed E-state index contributed by atoms with van der Waals surface area (Å²) in [6, 6.07) is 4.55. The molecule has 0 saturated heterocycles. The first kappa shape index (κ1) is 13.0. The molecule has 1 aliphatic rings. The first-order valence-corrected chi connectivity index (χ1v) is 7.04. The fourth-order valence-electron chi connectivity index (χ4n) is 3.01. The smallest absolute Gasteiger partial charge is 0.234 e. The van der Waals surface area contributed by atoms with Gasteiger partial charge < -0.3 is 14.3 Å². The first-order valence-electron chi connectivity index (χ1n) is 7.04. The van der Waals surface area contributed by atoms with E-state index in [1.54, 1.807) is 6.07 Å². The molecule has 1 saturated carbocycles. The van der Waals surface area contributed by atoms with Gasteiger partial charge in [-0.25, -0.2) is 0 Å². The van der Waals surface area contributed by atoms with E-state index in [0.717, 1.165) is 25.7 Å². The second kappa shape index (κ2) is 5.19. The minimum Gasteiger partial charge on any atom is -0.508 e. The van der Waals surface area contributed by atoms with Gasteiger partial charge in [-0.2, -0.15) is 0 Å². The van der Waals surface area contributed by atoms with Crippen molar-refractivity contribution in [1.29, 1.82) is 0 Å². The van der Waals surface area contributed by atoms with E-state index in [2.05, 4.69) is 0 Å². The summed E-state index contributed by atoms with van der Waals surface area (Å²) < 4.78 is 11.2. The molecule has 0 atom stereocenters. The number of rotatable bonds is 2. The standard InChI is InChI=1S/C16H18O4/c1-19-16-14(18)12-8-7-11(17)9-13(12)20-15(16)10-5-3-2-4-6-10/h7-10,17H,2-6H2,1H3. The molecule has 1 aromatic carbocycles. The third kappa shape index (κ3) is 2.15. The van der Waals surface area contributed by atoms with Crippen LogP contribution in [-0.2, 0) is 0 Å². The Balaban J connectivity index is 2.21. The molecule has 4 nitrogen and oxygen atoms in total. The zero-order chi connectivity index (χ0) is 14.1. The summed E-state index contributed by atoms with van der Waals surface area (Å²) in [5.74, 6) is 1.28. The molecule has 4 heteroatoms. The summed E-state index contributed by atoms with van der Waals surface area (Å²) in [7, 11) is 1.50. The highest BCUT2D eigenvalue weighted by Gasteiger charge is 2.25. The van der Waals surface area contributed by atoms with E-state index in [9.17, 15) is 9.90 Å². The van der Waals surface area contributed by atoms with Crippen LogP contribution in [0.4, 0.5) is 0 Å². The normalized spacial score (nSPS) is 16.4. The van der Waals surface area contributed by atoms with Crippen LogP contribution >= 0.6 is 0 Å². The summed E-state index contributed by atoms with van der Waals surface area (Å²) in [5.41, 5.74) is 0.269. The third-order valence-electron chi connectivity index (χ3n) is 4.04. The summed E-state index contributed by atoms with van der Waals surface area (Å²) in [6.07, 6.45) is 5.57. The predicted octanol–water partition coefficient (Wildman–Crippen LogP) is 3.55. The summed E-state index contributed by atoms with van der Waals surface area (Å²) in [6.45, 7) is 0. The van der Waals surface area contributed by atoms with Crippen LogP contribution in [0.5, 0.6) is 11.5 Å². The van der Waals surface area contributed by atoms with Crippen LogP contribution < -0.4 is 10.2 Å². The molecule has 1 heterocycles. The van der Waals surface area contributed by atoms with Gasteiger partial charge in [0.25, 0.3) is 0 Å². The van der Waals surface area contributed by atoms with Crippen LogP contribution in [-0.4, -0.2) is 12.2 Å². The second-order valence-electron chi connectivity index (χ2n) is 5.34. The van der Waals surface area contributed by atoms with Gasteiger partial charge in [0.2, 0.25) is 11.2 Å². The molecular formula is C16H18O4. The number of phenolic OH excluding ortho intramolecular Hbond substituents is 1. The monoisotopic (exact) mass is 274 g/mol. The summed E-state index contributed by atoms with van der Waals surface area (Å²) in [5, 5.41) is 10.00.